The van der Waals surface area contributed by atoms with Gasteiger partial charge in [0.15, 0.2) is 9.84 Å². The van der Waals surface area contributed by atoms with Gasteiger partial charge in [0.05, 0.1) is 16.8 Å². The van der Waals surface area contributed by atoms with Crippen LogP contribution in [0, 0.1) is 0 Å². The fraction of sp³-hybridized carbons (Fsp3) is 1.00. The lowest BCUT2D eigenvalue weighted by molar-refractivity contribution is 0.531. The van der Waals surface area contributed by atoms with E-state index in [-0.39, 0.29) is 17.5 Å². The Hall–Kier alpha value is -0.140. The Morgan fingerprint density at radius 3 is 2.18 bits per heavy atom. The van der Waals surface area contributed by atoms with Gasteiger partial charge >= 0.3 is 0 Å². The summed E-state index contributed by atoms with van der Waals surface area (Å²) in [5, 5.41) is -0.563. The largest absolute Gasteiger partial charge is 0.327 e. The molecule has 2 N–H and O–H groups in total. The van der Waals surface area contributed by atoms with Gasteiger partial charge in [-0.15, -0.1) is 0 Å². The summed E-state index contributed by atoms with van der Waals surface area (Å²) in [6.45, 7) is 0. The minimum atomic E-state index is -3.39. The van der Waals surface area contributed by atoms with Gasteiger partial charge in [0.25, 0.3) is 0 Å². The Bertz CT molecular complexity index is 441. The molecule has 2 unspecified atom stereocenters. The second kappa shape index (κ2) is 5.67. The van der Waals surface area contributed by atoms with Crippen molar-refractivity contribution in [3.63, 3.8) is 0 Å². The molecule has 1 rings (SSSR count). The highest BCUT2D eigenvalue weighted by atomic mass is 32.2. The Morgan fingerprint density at radius 1 is 1.00 bits per heavy atom. The number of hydrogen-bond donors (Lipinski definition) is 1. The minimum absolute atomic E-state index is 0.301. The molecular weight excluding hydrogens is 262 g/mol. The minimum Gasteiger partial charge on any atom is -0.327 e. The second-order valence-corrected chi connectivity index (χ2v) is 9.44. The van der Waals surface area contributed by atoms with E-state index in [1.165, 1.54) is 0 Å². The van der Waals surface area contributed by atoms with Crippen LogP contribution < -0.4 is 5.73 Å². The van der Waals surface area contributed by atoms with Crippen LogP contribution in [-0.4, -0.2) is 45.9 Å². The Balaban J connectivity index is 2.74. The average Bonchev–Trinajstić information content (AvgIpc) is 2.39. The van der Waals surface area contributed by atoms with Crippen LogP contribution in [0.15, 0.2) is 0 Å². The van der Waals surface area contributed by atoms with E-state index in [0.29, 0.717) is 12.8 Å². The van der Waals surface area contributed by atoms with Gasteiger partial charge in [-0.2, -0.15) is 0 Å². The predicted molar refractivity (Wildman–Crippen MR) is 68.3 cm³/mol. The molecule has 1 aliphatic rings. The van der Waals surface area contributed by atoms with Gasteiger partial charge in [0.1, 0.15) is 9.84 Å². The molecule has 0 aromatic carbocycles. The van der Waals surface area contributed by atoms with E-state index in [2.05, 4.69) is 0 Å². The normalized spacial score (nSPS) is 27.6. The summed E-state index contributed by atoms with van der Waals surface area (Å²) in [4.78, 5) is 0. The fourth-order valence-electron chi connectivity index (χ4n) is 2.17. The molecule has 0 aromatic rings. The Kier molecular flexibility index (Phi) is 4.97. The lowest BCUT2D eigenvalue weighted by atomic mass is 10.1. The molecular formula is C10H21NO4S2. The summed E-state index contributed by atoms with van der Waals surface area (Å²) < 4.78 is 46.1. The van der Waals surface area contributed by atoms with Crippen LogP contribution in [0.5, 0.6) is 0 Å². The van der Waals surface area contributed by atoms with Crippen LogP contribution in [0.25, 0.3) is 0 Å². The van der Waals surface area contributed by atoms with Gasteiger partial charge in [-0.1, -0.05) is 19.3 Å². The monoisotopic (exact) mass is 283 g/mol. The summed E-state index contributed by atoms with van der Waals surface area (Å²) >= 11 is 0. The molecule has 2 atom stereocenters. The average molecular weight is 283 g/mol. The molecule has 0 saturated heterocycles. The van der Waals surface area contributed by atoms with Gasteiger partial charge in [-0.25, -0.2) is 16.8 Å². The Labute approximate surface area is 104 Å². The van der Waals surface area contributed by atoms with E-state index >= 15 is 0 Å². The van der Waals surface area contributed by atoms with Crippen molar-refractivity contribution in [2.24, 2.45) is 5.73 Å². The summed E-state index contributed by atoms with van der Waals surface area (Å²) in [5.74, 6) is -0.608. The molecule has 17 heavy (non-hydrogen) atoms. The molecule has 7 heteroatoms. The van der Waals surface area contributed by atoms with Gasteiger partial charge in [-0.05, 0) is 12.8 Å². The van der Waals surface area contributed by atoms with Crippen molar-refractivity contribution in [3.05, 3.63) is 0 Å². The molecule has 0 amide bonds. The van der Waals surface area contributed by atoms with Gasteiger partial charge in [-0.3, -0.25) is 0 Å². The molecule has 0 radical (unpaired) electrons. The summed E-state index contributed by atoms with van der Waals surface area (Å²) in [6, 6.07) is -0.345. The van der Waals surface area contributed by atoms with Crippen molar-refractivity contribution in [2.75, 3.05) is 17.8 Å². The maximum atomic E-state index is 12.1. The van der Waals surface area contributed by atoms with E-state index < -0.39 is 24.9 Å². The van der Waals surface area contributed by atoms with Crippen molar-refractivity contribution in [1.82, 2.24) is 0 Å². The quantitative estimate of drug-likeness (QED) is 0.739. The zero-order valence-electron chi connectivity index (χ0n) is 10.1. The number of sulfone groups is 2. The van der Waals surface area contributed by atoms with Gasteiger partial charge < -0.3 is 5.73 Å². The summed E-state index contributed by atoms with van der Waals surface area (Å²) in [7, 11) is -6.64. The lowest BCUT2D eigenvalue weighted by Gasteiger charge is -2.21. The third-order valence-electron chi connectivity index (χ3n) is 3.20. The zero-order valence-corrected chi connectivity index (χ0v) is 11.8. The second-order valence-electron chi connectivity index (χ2n) is 4.84. The first-order chi connectivity index (χ1) is 7.72. The first-order valence-electron chi connectivity index (χ1n) is 5.87. The number of hydrogen-bond acceptors (Lipinski definition) is 5. The van der Waals surface area contributed by atoms with Crippen molar-refractivity contribution < 1.29 is 16.8 Å². The highest BCUT2D eigenvalue weighted by molar-refractivity contribution is 7.95. The van der Waals surface area contributed by atoms with Crippen LogP contribution in [0.4, 0.5) is 0 Å². The molecule has 0 aromatic heterocycles. The fourth-order valence-corrected chi connectivity index (χ4v) is 5.80. The SMILES string of the molecule is CS(=O)(=O)CCS(=O)(=O)C1CCCCCC1N. The predicted octanol–water partition coefficient (Wildman–Crippen LogP) is 0.106. The zero-order chi connectivity index (χ0) is 13.1. The Morgan fingerprint density at radius 2 is 1.59 bits per heavy atom. The molecule has 0 aliphatic heterocycles. The first kappa shape index (κ1) is 14.9. The molecule has 0 spiro atoms. The first-order valence-corrected chi connectivity index (χ1v) is 9.65. The van der Waals surface area contributed by atoms with Crippen LogP contribution in [-0.2, 0) is 19.7 Å². The highest BCUT2D eigenvalue weighted by Crippen LogP contribution is 2.23. The standard InChI is InChI=1S/C10H21NO4S2/c1-16(12,13)7-8-17(14,15)10-6-4-2-3-5-9(10)11/h9-10H,2-8,11H2,1H3. The van der Waals surface area contributed by atoms with Crippen molar-refractivity contribution in [3.8, 4) is 0 Å². The third-order valence-corrected chi connectivity index (χ3v) is 6.69. The highest BCUT2D eigenvalue weighted by Gasteiger charge is 2.32. The maximum Gasteiger partial charge on any atom is 0.155 e. The topological polar surface area (TPSA) is 94.3 Å². The number of rotatable bonds is 4. The van der Waals surface area contributed by atoms with Crippen LogP contribution in [0.2, 0.25) is 0 Å². The van der Waals surface area contributed by atoms with E-state index in [0.717, 1.165) is 25.5 Å². The van der Waals surface area contributed by atoms with Crippen molar-refractivity contribution in [1.29, 1.82) is 0 Å². The molecule has 1 fully saturated rings. The third kappa shape index (κ3) is 4.93. The van der Waals surface area contributed by atoms with Crippen LogP contribution in [0.1, 0.15) is 32.1 Å². The molecule has 102 valence electrons. The van der Waals surface area contributed by atoms with E-state index in [1.807, 2.05) is 0 Å². The van der Waals surface area contributed by atoms with Crippen molar-refractivity contribution in [2.45, 2.75) is 43.4 Å². The van der Waals surface area contributed by atoms with Crippen molar-refractivity contribution >= 4 is 19.7 Å². The molecule has 0 heterocycles. The molecule has 0 bridgehead atoms. The van der Waals surface area contributed by atoms with E-state index in [9.17, 15) is 16.8 Å². The molecule has 1 aliphatic carbocycles. The summed E-state index contributed by atoms with van der Waals surface area (Å²) in [5.41, 5.74) is 5.88. The summed E-state index contributed by atoms with van der Waals surface area (Å²) in [6.07, 6.45) is 5.15. The lowest BCUT2D eigenvalue weighted by Crippen LogP contribution is -2.41. The smallest absolute Gasteiger partial charge is 0.155 e. The molecule has 5 nitrogen and oxygen atoms in total. The number of nitrogens with two attached hydrogens (primary N) is 1. The van der Waals surface area contributed by atoms with E-state index in [4.69, 9.17) is 5.73 Å². The molecule has 1 saturated carbocycles. The van der Waals surface area contributed by atoms with E-state index in [1.54, 1.807) is 0 Å². The van der Waals surface area contributed by atoms with Crippen LogP contribution in [0.3, 0.4) is 0 Å². The van der Waals surface area contributed by atoms with Gasteiger partial charge in [0, 0.05) is 12.3 Å². The van der Waals surface area contributed by atoms with Crippen LogP contribution >= 0.6 is 0 Å². The maximum absolute atomic E-state index is 12.1. The van der Waals surface area contributed by atoms with Gasteiger partial charge in [0.2, 0.25) is 0 Å².